The van der Waals surface area contributed by atoms with Crippen LogP contribution in [0.4, 0.5) is 4.39 Å². The number of halogens is 1. The van der Waals surface area contributed by atoms with Crippen molar-refractivity contribution in [1.29, 1.82) is 0 Å². The average molecular weight is 285 g/mol. The maximum Gasteiger partial charge on any atom is 0.236 e. The van der Waals surface area contributed by atoms with E-state index in [1.807, 2.05) is 0 Å². The number of nitrogens with one attached hydrogen (secondary N) is 1. The Kier molecular flexibility index (Phi) is 5.78. The topological polar surface area (TPSA) is 35.6 Å². The molecule has 4 nitrogen and oxygen atoms in total. The summed E-state index contributed by atoms with van der Waals surface area (Å²) >= 11 is 0. The number of likely N-dealkylation sites (tertiary alicyclic amines) is 2. The van der Waals surface area contributed by atoms with Gasteiger partial charge in [-0.25, -0.2) is 4.39 Å². The highest BCUT2D eigenvalue weighted by atomic mass is 19.1. The first kappa shape index (κ1) is 15.7. The molecule has 5 heteroatoms. The predicted octanol–water partition coefficient (Wildman–Crippen LogP) is 1.41. The first-order valence-electron chi connectivity index (χ1n) is 7.95. The van der Waals surface area contributed by atoms with Crippen LogP contribution >= 0.6 is 0 Å². The van der Waals surface area contributed by atoms with E-state index >= 15 is 0 Å². The Balaban J connectivity index is 1.66. The number of rotatable bonds is 4. The van der Waals surface area contributed by atoms with Crippen LogP contribution in [-0.2, 0) is 4.79 Å². The van der Waals surface area contributed by atoms with E-state index in [-0.39, 0.29) is 12.5 Å². The van der Waals surface area contributed by atoms with E-state index in [2.05, 4.69) is 24.1 Å². The van der Waals surface area contributed by atoms with Crippen molar-refractivity contribution in [1.82, 2.24) is 15.1 Å². The molecule has 0 radical (unpaired) electrons. The summed E-state index contributed by atoms with van der Waals surface area (Å²) in [5.74, 6) is 0.0543. The Morgan fingerprint density at radius 2 is 1.95 bits per heavy atom. The van der Waals surface area contributed by atoms with Gasteiger partial charge in [0.25, 0.3) is 0 Å². The highest BCUT2D eigenvalue weighted by Gasteiger charge is 2.25. The first-order chi connectivity index (χ1) is 9.56. The van der Waals surface area contributed by atoms with Gasteiger partial charge in [-0.2, -0.15) is 0 Å². The number of hydrogen-bond donors (Lipinski definition) is 1. The lowest BCUT2D eigenvalue weighted by molar-refractivity contribution is -0.132. The summed E-state index contributed by atoms with van der Waals surface area (Å²) < 4.78 is 13.3. The van der Waals surface area contributed by atoms with Crippen molar-refractivity contribution in [3.63, 3.8) is 0 Å². The second-order valence-corrected chi connectivity index (χ2v) is 6.36. The molecule has 0 aromatic rings. The van der Waals surface area contributed by atoms with Gasteiger partial charge in [-0.15, -0.1) is 0 Å². The molecular formula is C15H28FN3O. The van der Waals surface area contributed by atoms with Gasteiger partial charge in [-0.1, -0.05) is 0 Å². The fourth-order valence-electron chi connectivity index (χ4n) is 3.12. The standard InChI is InChI=1S/C15H28FN3O/c1-12(2)18-8-5-14(6-9-18)17-10-15(20)19-7-3-4-13(16)11-19/h12-14,17H,3-11H2,1-2H3. The molecule has 2 aliphatic rings. The lowest BCUT2D eigenvalue weighted by Crippen LogP contribution is -2.49. The Labute approximate surface area is 121 Å². The van der Waals surface area contributed by atoms with Crippen molar-refractivity contribution in [2.75, 3.05) is 32.7 Å². The van der Waals surface area contributed by atoms with E-state index in [9.17, 15) is 9.18 Å². The summed E-state index contributed by atoms with van der Waals surface area (Å²) in [4.78, 5) is 16.2. The zero-order valence-electron chi connectivity index (χ0n) is 12.8. The number of piperidine rings is 2. The Morgan fingerprint density at radius 3 is 2.55 bits per heavy atom. The maximum absolute atomic E-state index is 13.3. The highest BCUT2D eigenvalue weighted by Crippen LogP contribution is 2.14. The van der Waals surface area contributed by atoms with E-state index in [4.69, 9.17) is 0 Å². The molecule has 2 fully saturated rings. The van der Waals surface area contributed by atoms with Crippen molar-refractivity contribution in [2.45, 2.75) is 57.8 Å². The second-order valence-electron chi connectivity index (χ2n) is 6.36. The molecule has 1 atom stereocenters. The molecule has 2 aliphatic heterocycles. The van der Waals surface area contributed by atoms with Gasteiger partial charge in [0.05, 0.1) is 13.1 Å². The van der Waals surface area contributed by atoms with Crippen LogP contribution in [0.1, 0.15) is 39.5 Å². The number of hydrogen-bond acceptors (Lipinski definition) is 3. The fourth-order valence-corrected chi connectivity index (χ4v) is 3.12. The van der Waals surface area contributed by atoms with E-state index in [0.29, 0.717) is 31.6 Å². The third-order valence-corrected chi connectivity index (χ3v) is 4.52. The number of amides is 1. The van der Waals surface area contributed by atoms with E-state index in [1.54, 1.807) is 4.90 Å². The normalized spacial score (nSPS) is 26.2. The molecule has 116 valence electrons. The third kappa shape index (κ3) is 4.42. The minimum atomic E-state index is -0.831. The van der Waals surface area contributed by atoms with Gasteiger partial charge in [-0.3, -0.25) is 4.79 Å². The van der Waals surface area contributed by atoms with Gasteiger partial charge in [0.2, 0.25) is 5.91 Å². The molecular weight excluding hydrogens is 257 g/mol. The summed E-state index contributed by atoms with van der Waals surface area (Å²) in [7, 11) is 0. The molecule has 1 amide bonds. The Morgan fingerprint density at radius 1 is 1.25 bits per heavy atom. The lowest BCUT2D eigenvalue weighted by Gasteiger charge is -2.35. The van der Waals surface area contributed by atoms with Crippen molar-refractivity contribution in [3.05, 3.63) is 0 Å². The minimum Gasteiger partial charge on any atom is -0.339 e. The molecule has 20 heavy (non-hydrogen) atoms. The van der Waals surface area contributed by atoms with Gasteiger partial charge in [0.15, 0.2) is 0 Å². The molecule has 0 spiro atoms. The summed E-state index contributed by atoms with van der Waals surface area (Å²) in [6.45, 7) is 8.00. The lowest BCUT2D eigenvalue weighted by atomic mass is 10.0. The molecule has 1 N–H and O–H groups in total. The van der Waals surface area contributed by atoms with Gasteiger partial charge < -0.3 is 15.1 Å². The van der Waals surface area contributed by atoms with Gasteiger partial charge >= 0.3 is 0 Å². The number of nitrogens with zero attached hydrogens (tertiary/aromatic N) is 2. The third-order valence-electron chi connectivity index (χ3n) is 4.52. The first-order valence-corrected chi connectivity index (χ1v) is 7.95. The van der Waals surface area contributed by atoms with Crippen LogP contribution in [0.2, 0.25) is 0 Å². The number of carbonyl (C=O) groups excluding carboxylic acids is 1. The monoisotopic (exact) mass is 285 g/mol. The molecule has 0 aromatic heterocycles. The highest BCUT2D eigenvalue weighted by molar-refractivity contribution is 5.78. The molecule has 0 aromatic carbocycles. The largest absolute Gasteiger partial charge is 0.339 e. The van der Waals surface area contributed by atoms with Gasteiger partial charge in [0.1, 0.15) is 6.17 Å². The van der Waals surface area contributed by atoms with Crippen molar-refractivity contribution >= 4 is 5.91 Å². The van der Waals surface area contributed by atoms with Crippen LogP contribution in [0.15, 0.2) is 0 Å². The maximum atomic E-state index is 13.3. The van der Waals surface area contributed by atoms with Gasteiger partial charge in [-0.05, 0) is 52.6 Å². The second kappa shape index (κ2) is 7.36. The molecule has 2 saturated heterocycles. The van der Waals surface area contributed by atoms with Crippen LogP contribution < -0.4 is 5.32 Å². The SMILES string of the molecule is CC(C)N1CCC(NCC(=O)N2CCCC(F)C2)CC1. The van der Waals surface area contributed by atoms with Crippen LogP contribution in [0, 0.1) is 0 Å². The molecule has 2 rings (SSSR count). The smallest absolute Gasteiger partial charge is 0.236 e. The summed E-state index contributed by atoms with van der Waals surface area (Å²) in [5.41, 5.74) is 0. The van der Waals surface area contributed by atoms with E-state index in [0.717, 1.165) is 32.4 Å². The quantitative estimate of drug-likeness (QED) is 0.848. The fraction of sp³-hybridized carbons (Fsp3) is 0.933. The summed E-state index contributed by atoms with van der Waals surface area (Å²) in [6, 6.07) is 1.03. The zero-order valence-corrected chi connectivity index (χ0v) is 12.8. The Bertz CT molecular complexity index is 316. The minimum absolute atomic E-state index is 0.0543. The molecule has 0 bridgehead atoms. The van der Waals surface area contributed by atoms with Crippen molar-refractivity contribution < 1.29 is 9.18 Å². The van der Waals surface area contributed by atoms with Crippen LogP contribution in [0.5, 0.6) is 0 Å². The number of carbonyl (C=O) groups is 1. The van der Waals surface area contributed by atoms with E-state index in [1.165, 1.54) is 0 Å². The van der Waals surface area contributed by atoms with Crippen LogP contribution in [0.25, 0.3) is 0 Å². The molecule has 0 aliphatic carbocycles. The number of alkyl halides is 1. The molecule has 1 unspecified atom stereocenters. The van der Waals surface area contributed by atoms with Crippen LogP contribution in [0.3, 0.4) is 0 Å². The summed E-state index contributed by atoms with van der Waals surface area (Å²) in [6.07, 6.45) is 2.75. The van der Waals surface area contributed by atoms with Crippen molar-refractivity contribution in [2.24, 2.45) is 0 Å². The Hall–Kier alpha value is -0.680. The van der Waals surface area contributed by atoms with Crippen LogP contribution in [-0.4, -0.2) is 66.7 Å². The zero-order chi connectivity index (χ0) is 14.5. The summed E-state index contributed by atoms with van der Waals surface area (Å²) in [5, 5.41) is 3.35. The molecule has 0 saturated carbocycles. The van der Waals surface area contributed by atoms with Crippen molar-refractivity contribution in [3.8, 4) is 0 Å². The average Bonchev–Trinajstić information content (AvgIpc) is 2.45. The van der Waals surface area contributed by atoms with Gasteiger partial charge in [0, 0.05) is 18.6 Å². The van der Waals surface area contributed by atoms with E-state index < -0.39 is 6.17 Å². The molecule has 2 heterocycles. The predicted molar refractivity (Wildman–Crippen MR) is 78.4 cm³/mol.